The zero-order chi connectivity index (χ0) is 14.3. The largest absolute Gasteiger partial charge is 0.298 e. The molecule has 0 amide bonds. The summed E-state index contributed by atoms with van der Waals surface area (Å²) in [6, 6.07) is 5.25. The molecule has 20 heavy (non-hydrogen) atoms. The van der Waals surface area contributed by atoms with Gasteiger partial charge >= 0.3 is 0 Å². The summed E-state index contributed by atoms with van der Waals surface area (Å²) in [4.78, 5) is 11.2. The van der Waals surface area contributed by atoms with E-state index in [2.05, 4.69) is 12.0 Å². The van der Waals surface area contributed by atoms with Gasteiger partial charge in [-0.15, -0.1) is 0 Å². The third kappa shape index (κ3) is 2.26. The molecule has 0 radical (unpaired) electrons. The first-order valence-electron chi connectivity index (χ1n) is 6.91. The van der Waals surface area contributed by atoms with Crippen molar-refractivity contribution in [1.82, 2.24) is 9.78 Å². The van der Waals surface area contributed by atoms with Gasteiger partial charge in [-0.25, -0.2) is 4.39 Å². The van der Waals surface area contributed by atoms with Crippen LogP contribution in [0.25, 0.3) is 11.3 Å². The van der Waals surface area contributed by atoms with Crippen LogP contribution in [0.1, 0.15) is 41.7 Å². The first-order valence-corrected chi connectivity index (χ1v) is 6.91. The fourth-order valence-corrected chi connectivity index (χ4v) is 2.46. The van der Waals surface area contributed by atoms with E-state index in [1.807, 2.05) is 4.68 Å². The number of carbonyl (C=O) groups excluding carboxylic acids is 1. The van der Waals surface area contributed by atoms with Crippen LogP contribution < -0.4 is 0 Å². The predicted octanol–water partition coefficient (Wildman–Crippen LogP) is 3.78. The van der Waals surface area contributed by atoms with Crippen molar-refractivity contribution in [3.05, 3.63) is 41.3 Å². The number of aldehydes is 1. The summed E-state index contributed by atoms with van der Waals surface area (Å²) in [6.45, 7) is 3.83. The number of rotatable bonds is 4. The van der Waals surface area contributed by atoms with Crippen LogP contribution in [-0.2, 0) is 0 Å². The number of aryl methyl sites for hydroxylation is 1. The fraction of sp³-hybridized carbons (Fsp3) is 0.375. The van der Waals surface area contributed by atoms with Gasteiger partial charge in [0, 0.05) is 11.8 Å². The molecular formula is C16H17FN2O. The van der Waals surface area contributed by atoms with Crippen LogP contribution in [0.15, 0.2) is 24.4 Å². The number of nitrogens with zero attached hydrogens (tertiary/aromatic N) is 2. The van der Waals surface area contributed by atoms with Gasteiger partial charge in [-0.05, 0) is 44.2 Å². The second kappa shape index (κ2) is 4.85. The Kier molecular flexibility index (Phi) is 3.16. The van der Waals surface area contributed by atoms with Crippen molar-refractivity contribution in [1.29, 1.82) is 0 Å². The number of aromatic nitrogens is 2. The fourth-order valence-electron chi connectivity index (χ4n) is 2.46. The van der Waals surface area contributed by atoms with E-state index in [4.69, 9.17) is 0 Å². The van der Waals surface area contributed by atoms with Gasteiger partial charge in [-0.3, -0.25) is 9.48 Å². The van der Waals surface area contributed by atoms with E-state index in [1.165, 1.54) is 18.9 Å². The number of hydrogen-bond acceptors (Lipinski definition) is 2. The number of halogens is 1. The van der Waals surface area contributed by atoms with E-state index in [-0.39, 0.29) is 11.9 Å². The highest BCUT2D eigenvalue weighted by molar-refractivity contribution is 5.85. The van der Waals surface area contributed by atoms with Gasteiger partial charge in [-0.2, -0.15) is 5.10 Å². The van der Waals surface area contributed by atoms with Crippen LogP contribution in [-0.4, -0.2) is 16.1 Å². The molecule has 1 atom stereocenters. The average molecular weight is 272 g/mol. The van der Waals surface area contributed by atoms with Gasteiger partial charge in [0.15, 0.2) is 6.29 Å². The lowest BCUT2D eigenvalue weighted by Crippen LogP contribution is -2.07. The van der Waals surface area contributed by atoms with Crippen molar-refractivity contribution in [2.45, 2.75) is 32.7 Å². The summed E-state index contributed by atoms with van der Waals surface area (Å²) >= 11 is 0. The van der Waals surface area contributed by atoms with E-state index in [0.717, 1.165) is 6.29 Å². The van der Waals surface area contributed by atoms with Crippen molar-refractivity contribution in [3.63, 3.8) is 0 Å². The molecular weight excluding hydrogens is 255 g/mol. The Morgan fingerprint density at radius 2 is 2.20 bits per heavy atom. The average Bonchev–Trinajstić information content (AvgIpc) is 3.20. The molecule has 1 heterocycles. The minimum atomic E-state index is -0.274. The highest BCUT2D eigenvalue weighted by atomic mass is 19.1. The minimum absolute atomic E-state index is 0.274. The van der Waals surface area contributed by atoms with Crippen molar-refractivity contribution in [2.75, 3.05) is 0 Å². The van der Waals surface area contributed by atoms with Crippen molar-refractivity contribution in [2.24, 2.45) is 5.92 Å². The maximum Gasteiger partial charge on any atom is 0.153 e. The monoisotopic (exact) mass is 272 g/mol. The standard InChI is InChI=1S/C16H17FN2O/c1-10-3-4-13(7-15(10)17)16-14(9-20)8-19(18-16)11(2)12-5-6-12/h3-4,7-9,11-12H,5-6H2,1-2H3. The quantitative estimate of drug-likeness (QED) is 0.794. The van der Waals surface area contributed by atoms with Crippen molar-refractivity contribution >= 4 is 6.29 Å². The maximum atomic E-state index is 13.7. The van der Waals surface area contributed by atoms with Crippen molar-refractivity contribution < 1.29 is 9.18 Å². The Bertz CT molecular complexity index is 658. The molecule has 1 aromatic carbocycles. The molecule has 0 bridgehead atoms. The van der Waals surface area contributed by atoms with Gasteiger partial charge in [-0.1, -0.05) is 12.1 Å². The summed E-state index contributed by atoms with van der Waals surface area (Å²) in [5.74, 6) is 0.376. The van der Waals surface area contributed by atoms with E-state index in [0.29, 0.717) is 28.3 Å². The summed E-state index contributed by atoms with van der Waals surface area (Å²) < 4.78 is 15.5. The van der Waals surface area contributed by atoms with Crippen LogP contribution in [0, 0.1) is 18.7 Å². The number of benzene rings is 1. The van der Waals surface area contributed by atoms with Crippen LogP contribution >= 0.6 is 0 Å². The first-order chi connectivity index (χ1) is 9.60. The lowest BCUT2D eigenvalue weighted by Gasteiger charge is -2.09. The second-order valence-electron chi connectivity index (χ2n) is 5.57. The van der Waals surface area contributed by atoms with Gasteiger partial charge in [0.05, 0.1) is 11.6 Å². The van der Waals surface area contributed by atoms with Crippen LogP contribution in [0.2, 0.25) is 0 Å². The molecule has 1 aliphatic rings. The van der Waals surface area contributed by atoms with Crippen LogP contribution in [0.4, 0.5) is 4.39 Å². The molecule has 1 saturated carbocycles. The molecule has 104 valence electrons. The normalized spacial score (nSPS) is 16.1. The summed E-state index contributed by atoms with van der Waals surface area (Å²) in [7, 11) is 0. The molecule has 1 unspecified atom stereocenters. The SMILES string of the molecule is Cc1ccc(-c2nn(C(C)C3CC3)cc2C=O)cc1F. The zero-order valence-corrected chi connectivity index (χ0v) is 11.6. The van der Waals surface area contributed by atoms with Crippen LogP contribution in [0.5, 0.6) is 0 Å². The highest BCUT2D eigenvalue weighted by Gasteiger charge is 2.30. The highest BCUT2D eigenvalue weighted by Crippen LogP contribution is 2.39. The Labute approximate surface area is 117 Å². The van der Waals surface area contributed by atoms with E-state index >= 15 is 0 Å². The molecule has 0 N–H and O–H groups in total. The Balaban J connectivity index is 2.02. The Hall–Kier alpha value is -1.97. The Morgan fingerprint density at radius 3 is 2.80 bits per heavy atom. The van der Waals surface area contributed by atoms with Gasteiger partial charge in [0.2, 0.25) is 0 Å². The molecule has 0 aliphatic heterocycles. The number of hydrogen-bond donors (Lipinski definition) is 0. The van der Waals surface area contributed by atoms with E-state index < -0.39 is 0 Å². The number of carbonyl (C=O) groups is 1. The maximum absolute atomic E-state index is 13.7. The molecule has 3 rings (SSSR count). The lowest BCUT2D eigenvalue weighted by atomic mass is 10.1. The van der Waals surface area contributed by atoms with Gasteiger partial charge < -0.3 is 0 Å². The molecule has 0 spiro atoms. The van der Waals surface area contributed by atoms with E-state index in [1.54, 1.807) is 25.3 Å². The summed E-state index contributed by atoms with van der Waals surface area (Å²) in [5.41, 5.74) is 2.32. The Morgan fingerprint density at radius 1 is 1.45 bits per heavy atom. The van der Waals surface area contributed by atoms with Gasteiger partial charge in [0.25, 0.3) is 0 Å². The van der Waals surface area contributed by atoms with Crippen molar-refractivity contribution in [3.8, 4) is 11.3 Å². The summed E-state index contributed by atoms with van der Waals surface area (Å²) in [6.07, 6.45) is 4.98. The molecule has 3 nitrogen and oxygen atoms in total. The van der Waals surface area contributed by atoms with Crippen LogP contribution in [0.3, 0.4) is 0 Å². The zero-order valence-electron chi connectivity index (χ0n) is 11.6. The third-order valence-electron chi connectivity index (χ3n) is 4.05. The molecule has 2 aromatic rings. The molecule has 1 aliphatic carbocycles. The second-order valence-corrected chi connectivity index (χ2v) is 5.57. The third-order valence-corrected chi connectivity index (χ3v) is 4.05. The molecule has 4 heteroatoms. The minimum Gasteiger partial charge on any atom is -0.298 e. The topological polar surface area (TPSA) is 34.9 Å². The predicted molar refractivity (Wildman–Crippen MR) is 75.2 cm³/mol. The molecule has 0 saturated heterocycles. The lowest BCUT2D eigenvalue weighted by molar-refractivity contribution is 0.112. The van der Waals surface area contributed by atoms with E-state index in [9.17, 15) is 9.18 Å². The van der Waals surface area contributed by atoms with Gasteiger partial charge in [0.1, 0.15) is 11.5 Å². The summed E-state index contributed by atoms with van der Waals surface area (Å²) in [5, 5.41) is 4.50. The molecule has 1 aromatic heterocycles. The smallest absolute Gasteiger partial charge is 0.153 e. The molecule has 1 fully saturated rings. The first kappa shape index (κ1) is 13.0.